The third-order valence-electron chi connectivity index (χ3n) is 9.57. The van der Waals surface area contributed by atoms with Gasteiger partial charge in [0.15, 0.2) is 0 Å². The molecule has 0 aliphatic carbocycles. The number of hydrogen-bond donors (Lipinski definition) is 0. The molecule has 0 aromatic heterocycles. The average Bonchev–Trinajstić information content (AvgIpc) is 3.37. The van der Waals surface area contributed by atoms with E-state index in [0.29, 0.717) is 6.17 Å². The van der Waals surface area contributed by atoms with Crippen LogP contribution in [0.1, 0.15) is 220 Å². The van der Waals surface area contributed by atoms with Crippen LogP contribution in [-0.4, -0.2) is 29.1 Å². The Morgan fingerprint density at radius 2 is 0.561 bits per heavy atom. The molecule has 2 heteroatoms. The van der Waals surface area contributed by atoms with Crippen molar-refractivity contribution in [1.29, 1.82) is 0 Å². The highest BCUT2D eigenvalue weighted by atomic mass is 15.4. The molecule has 1 unspecified atom stereocenters. The van der Waals surface area contributed by atoms with Gasteiger partial charge in [-0.3, -0.25) is 0 Å². The Hall–Kier alpha value is -0.660. The van der Waals surface area contributed by atoms with Crippen LogP contribution in [0.25, 0.3) is 0 Å². The third kappa shape index (κ3) is 23.5. The van der Waals surface area contributed by atoms with Gasteiger partial charge in [-0.05, 0) is 25.7 Å². The van der Waals surface area contributed by atoms with Crippen molar-refractivity contribution in [3.8, 4) is 0 Å². The Morgan fingerprint density at radius 3 is 0.854 bits per heavy atom. The summed E-state index contributed by atoms with van der Waals surface area (Å²) in [5.74, 6) is 0. The van der Waals surface area contributed by atoms with Crippen LogP contribution in [0.5, 0.6) is 0 Å². The second-order valence-electron chi connectivity index (χ2n) is 13.6. The summed E-state index contributed by atoms with van der Waals surface area (Å²) in [5, 5.41) is 0. The summed E-state index contributed by atoms with van der Waals surface area (Å²) in [6.45, 7) is 9.48. The molecule has 0 aromatic rings. The Kier molecular flexibility index (Phi) is 28.8. The summed E-state index contributed by atoms with van der Waals surface area (Å²) in [7, 11) is 0. The smallest absolute Gasteiger partial charge is 0.101 e. The minimum Gasteiger partial charge on any atom is -0.356 e. The van der Waals surface area contributed by atoms with E-state index in [1.54, 1.807) is 0 Å². The molecule has 1 rings (SSSR count). The first-order valence-electron chi connectivity index (χ1n) is 19.5. The van der Waals surface area contributed by atoms with E-state index < -0.39 is 0 Å². The van der Waals surface area contributed by atoms with E-state index in [-0.39, 0.29) is 0 Å². The lowest BCUT2D eigenvalue weighted by atomic mass is 10.0. The number of nitrogens with zero attached hydrogens (tertiary/aromatic N) is 2. The standard InChI is InChI=1S/C39H78N2/c1-4-7-10-13-15-17-19-20-21-22-24-26-28-30-33-36-41-38-37-40(39(41)34-31-12-9-6-3)35-32-29-27-25-23-18-16-14-11-8-5-2/h37-39H,4-36H2,1-3H3. The van der Waals surface area contributed by atoms with Gasteiger partial charge in [-0.1, -0.05) is 194 Å². The van der Waals surface area contributed by atoms with Gasteiger partial charge in [-0.25, -0.2) is 0 Å². The Morgan fingerprint density at radius 1 is 0.317 bits per heavy atom. The van der Waals surface area contributed by atoms with E-state index in [0.717, 1.165) is 0 Å². The molecular weight excluding hydrogens is 496 g/mol. The van der Waals surface area contributed by atoms with Crippen LogP contribution < -0.4 is 0 Å². The quantitative estimate of drug-likeness (QED) is 0.0719. The van der Waals surface area contributed by atoms with Crippen LogP contribution in [0.2, 0.25) is 0 Å². The summed E-state index contributed by atoms with van der Waals surface area (Å²) in [4.78, 5) is 5.40. The van der Waals surface area contributed by atoms with E-state index in [1.807, 2.05) is 0 Å². The summed E-state index contributed by atoms with van der Waals surface area (Å²) in [6.07, 6.45) is 49.9. The van der Waals surface area contributed by atoms with Gasteiger partial charge in [-0.2, -0.15) is 0 Å². The molecule has 0 N–H and O–H groups in total. The summed E-state index contributed by atoms with van der Waals surface area (Å²) >= 11 is 0. The lowest BCUT2D eigenvalue weighted by Gasteiger charge is -2.33. The van der Waals surface area contributed by atoms with Crippen molar-refractivity contribution >= 4 is 0 Å². The molecule has 2 nitrogen and oxygen atoms in total. The van der Waals surface area contributed by atoms with Crippen molar-refractivity contribution < 1.29 is 0 Å². The molecule has 1 aliphatic rings. The predicted molar refractivity (Wildman–Crippen MR) is 186 cm³/mol. The highest BCUT2D eigenvalue weighted by Gasteiger charge is 2.24. The highest BCUT2D eigenvalue weighted by molar-refractivity contribution is 4.97. The minimum atomic E-state index is 0.640. The van der Waals surface area contributed by atoms with Crippen LogP contribution in [0.15, 0.2) is 12.4 Å². The molecule has 0 saturated carbocycles. The highest BCUT2D eigenvalue weighted by Crippen LogP contribution is 2.24. The van der Waals surface area contributed by atoms with Gasteiger partial charge >= 0.3 is 0 Å². The molecule has 0 aromatic carbocycles. The SMILES string of the molecule is CCCCCCCCCCCCCCCCCN1C=CN(CCCCCCCCCCCCC)C1CCCCCC. The van der Waals surface area contributed by atoms with Gasteiger partial charge in [0.2, 0.25) is 0 Å². The fraction of sp³-hybridized carbons (Fsp3) is 0.949. The van der Waals surface area contributed by atoms with Crippen LogP contribution >= 0.6 is 0 Å². The number of hydrogen-bond acceptors (Lipinski definition) is 2. The molecule has 1 aliphatic heterocycles. The molecule has 244 valence electrons. The monoisotopic (exact) mass is 575 g/mol. The van der Waals surface area contributed by atoms with Crippen molar-refractivity contribution in [2.45, 2.75) is 226 Å². The van der Waals surface area contributed by atoms with E-state index in [4.69, 9.17) is 0 Å². The van der Waals surface area contributed by atoms with Gasteiger partial charge in [-0.15, -0.1) is 0 Å². The topological polar surface area (TPSA) is 6.48 Å². The van der Waals surface area contributed by atoms with E-state index in [1.165, 1.54) is 212 Å². The van der Waals surface area contributed by atoms with Crippen LogP contribution in [0.3, 0.4) is 0 Å². The molecule has 1 heterocycles. The second kappa shape index (κ2) is 30.8. The van der Waals surface area contributed by atoms with Crippen LogP contribution in [0.4, 0.5) is 0 Å². The maximum absolute atomic E-state index is 2.70. The molecule has 0 radical (unpaired) electrons. The molecule has 0 fully saturated rings. The largest absolute Gasteiger partial charge is 0.356 e. The van der Waals surface area contributed by atoms with Gasteiger partial charge < -0.3 is 9.80 Å². The number of unbranched alkanes of at least 4 members (excludes halogenated alkanes) is 27. The Balaban J connectivity index is 2.08. The Bertz CT molecular complexity index is 530. The van der Waals surface area contributed by atoms with Gasteiger partial charge in [0, 0.05) is 25.5 Å². The zero-order chi connectivity index (χ0) is 29.5. The molecule has 1 atom stereocenters. The van der Waals surface area contributed by atoms with E-state index in [2.05, 4.69) is 43.0 Å². The van der Waals surface area contributed by atoms with Crippen molar-refractivity contribution in [3.05, 3.63) is 12.4 Å². The van der Waals surface area contributed by atoms with Gasteiger partial charge in [0.05, 0.1) is 0 Å². The first-order valence-corrected chi connectivity index (χ1v) is 19.5. The lowest BCUT2D eigenvalue weighted by Crippen LogP contribution is -2.39. The zero-order valence-corrected chi connectivity index (χ0v) is 29.0. The summed E-state index contributed by atoms with van der Waals surface area (Å²) < 4.78 is 0. The minimum absolute atomic E-state index is 0.640. The van der Waals surface area contributed by atoms with Gasteiger partial charge in [0.25, 0.3) is 0 Å². The van der Waals surface area contributed by atoms with Crippen molar-refractivity contribution in [2.75, 3.05) is 13.1 Å². The summed E-state index contributed by atoms with van der Waals surface area (Å²) in [5.41, 5.74) is 0. The fourth-order valence-electron chi connectivity index (χ4n) is 6.72. The van der Waals surface area contributed by atoms with Crippen molar-refractivity contribution in [2.24, 2.45) is 0 Å². The van der Waals surface area contributed by atoms with Gasteiger partial charge in [0.1, 0.15) is 6.17 Å². The van der Waals surface area contributed by atoms with Crippen LogP contribution in [-0.2, 0) is 0 Å². The third-order valence-corrected chi connectivity index (χ3v) is 9.57. The Labute approximate surface area is 260 Å². The first kappa shape index (κ1) is 38.4. The van der Waals surface area contributed by atoms with E-state index >= 15 is 0 Å². The molecule has 0 bridgehead atoms. The first-order chi connectivity index (χ1) is 20.3. The normalized spacial score (nSPS) is 15.0. The molecular formula is C39H78N2. The van der Waals surface area contributed by atoms with Crippen LogP contribution in [0, 0.1) is 0 Å². The van der Waals surface area contributed by atoms with E-state index in [9.17, 15) is 0 Å². The molecule has 0 amide bonds. The average molecular weight is 575 g/mol. The maximum Gasteiger partial charge on any atom is 0.101 e. The number of rotatable bonds is 33. The fourth-order valence-corrected chi connectivity index (χ4v) is 6.72. The maximum atomic E-state index is 2.70. The predicted octanol–water partition coefficient (Wildman–Crippen LogP) is 13.6. The van der Waals surface area contributed by atoms with Crippen molar-refractivity contribution in [1.82, 2.24) is 9.80 Å². The molecule has 0 spiro atoms. The summed E-state index contributed by atoms with van der Waals surface area (Å²) in [6, 6.07) is 0. The molecule has 41 heavy (non-hydrogen) atoms. The molecule has 0 saturated heterocycles. The van der Waals surface area contributed by atoms with Crippen molar-refractivity contribution in [3.63, 3.8) is 0 Å². The zero-order valence-electron chi connectivity index (χ0n) is 29.0. The second-order valence-corrected chi connectivity index (χ2v) is 13.6. The lowest BCUT2D eigenvalue weighted by molar-refractivity contribution is 0.135.